The third-order valence-corrected chi connectivity index (χ3v) is 4.52. The molecule has 0 bridgehead atoms. The van der Waals surface area contributed by atoms with Crippen LogP contribution in [0.2, 0.25) is 0 Å². The maximum Gasteiger partial charge on any atom is 0.133 e. The number of benzene rings is 1. The van der Waals surface area contributed by atoms with Crippen LogP contribution < -0.4 is 5.32 Å². The Morgan fingerprint density at radius 2 is 2.00 bits per heavy atom. The summed E-state index contributed by atoms with van der Waals surface area (Å²) < 4.78 is 0. The van der Waals surface area contributed by atoms with Gasteiger partial charge in [-0.3, -0.25) is 5.32 Å². The fraction of sp³-hybridized carbons (Fsp3) is 0.611. The monoisotopic (exact) mass is 285 g/mol. The number of hydrogen-bond donors (Lipinski definition) is 1. The number of nitrogens with one attached hydrogen (secondary N) is 1. The third kappa shape index (κ3) is 4.06. The molecule has 1 unspecified atom stereocenters. The summed E-state index contributed by atoms with van der Waals surface area (Å²) in [7, 11) is 1.89. The standard InChI is InChI=1S/C18H27N3/c1-3-4-13-21(17-10-11-17)14-12-18(15-19,20-2)16-8-6-5-7-9-16/h5-9,17,20H,3-4,10-14H2,1-2H3. The molecule has 21 heavy (non-hydrogen) atoms. The fourth-order valence-electron chi connectivity index (χ4n) is 2.90. The lowest BCUT2D eigenvalue weighted by Crippen LogP contribution is -2.42. The van der Waals surface area contributed by atoms with Crippen LogP contribution in [0.25, 0.3) is 0 Å². The van der Waals surface area contributed by atoms with Crippen molar-refractivity contribution in [1.82, 2.24) is 10.2 Å². The van der Waals surface area contributed by atoms with E-state index in [2.05, 4.69) is 23.2 Å². The molecule has 0 heterocycles. The first-order valence-electron chi connectivity index (χ1n) is 8.15. The van der Waals surface area contributed by atoms with Gasteiger partial charge in [0.2, 0.25) is 0 Å². The molecule has 1 N–H and O–H groups in total. The Balaban J connectivity index is 2.04. The van der Waals surface area contributed by atoms with Crippen molar-refractivity contribution < 1.29 is 0 Å². The maximum atomic E-state index is 9.74. The molecule has 2 rings (SSSR count). The van der Waals surface area contributed by atoms with Gasteiger partial charge in [0.1, 0.15) is 5.54 Å². The van der Waals surface area contributed by atoms with Crippen LogP contribution in [-0.2, 0) is 5.54 Å². The van der Waals surface area contributed by atoms with E-state index in [0.29, 0.717) is 0 Å². The second kappa shape index (κ2) is 7.59. The molecular formula is C18H27N3. The predicted molar refractivity (Wildman–Crippen MR) is 86.9 cm³/mol. The Bertz CT molecular complexity index is 461. The van der Waals surface area contributed by atoms with Crippen molar-refractivity contribution in [3.63, 3.8) is 0 Å². The molecule has 1 atom stereocenters. The van der Waals surface area contributed by atoms with E-state index < -0.39 is 5.54 Å². The summed E-state index contributed by atoms with van der Waals surface area (Å²) in [6.07, 6.45) is 5.98. The number of unbranched alkanes of at least 4 members (excludes halogenated alkanes) is 1. The van der Waals surface area contributed by atoms with Crippen LogP contribution in [0.15, 0.2) is 30.3 Å². The van der Waals surface area contributed by atoms with Crippen LogP contribution in [-0.4, -0.2) is 31.1 Å². The molecule has 0 aliphatic heterocycles. The van der Waals surface area contributed by atoms with Crippen molar-refractivity contribution in [2.75, 3.05) is 20.1 Å². The van der Waals surface area contributed by atoms with E-state index in [0.717, 1.165) is 24.6 Å². The lowest BCUT2D eigenvalue weighted by molar-refractivity contribution is 0.231. The number of hydrogen-bond acceptors (Lipinski definition) is 3. The Hall–Kier alpha value is -1.37. The average molecular weight is 285 g/mol. The summed E-state index contributed by atoms with van der Waals surface area (Å²) in [5, 5.41) is 13.0. The normalized spacial score (nSPS) is 17.4. The van der Waals surface area contributed by atoms with Crippen molar-refractivity contribution in [2.24, 2.45) is 0 Å². The summed E-state index contributed by atoms with van der Waals surface area (Å²) in [6.45, 7) is 4.40. The van der Waals surface area contributed by atoms with Gasteiger partial charge in [-0.05, 0) is 44.8 Å². The highest BCUT2D eigenvalue weighted by atomic mass is 15.2. The molecule has 1 aromatic carbocycles. The van der Waals surface area contributed by atoms with Gasteiger partial charge in [-0.1, -0.05) is 43.7 Å². The van der Waals surface area contributed by atoms with E-state index in [4.69, 9.17) is 0 Å². The lowest BCUT2D eigenvalue weighted by Gasteiger charge is -2.30. The first-order chi connectivity index (χ1) is 10.3. The van der Waals surface area contributed by atoms with E-state index in [1.165, 1.54) is 32.2 Å². The van der Waals surface area contributed by atoms with Crippen molar-refractivity contribution >= 4 is 0 Å². The number of nitrogens with zero attached hydrogens (tertiary/aromatic N) is 2. The highest BCUT2D eigenvalue weighted by Crippen LogP contribution is 2.30. The largest absolute Gasteiger partial charge is 0.300 e. The molecule has 0 aromatic heterocycles. The predicted octanol–water partition coefficient (Wildman–Crippen LogP) is 3.28. The fourth-order valence-corrected chi connectivity index (χ4v) is 2.90. The van der Waals surface area contributed by atoms with E-state index >= 15 is 0 Å². The molecule has 3 heteroatoms. The topological polar surface area (TPSA) is 39.1 Å². The minimum Gasteiger partial charge on any atom is -0.300 e. The Morgan fingerprint density at radius 1 is 1.29 bits per heavy atom. The molecule has 3 nitrogen and oxygen atoms in total. The first kappa shape index (κ1) is 16.0. The second-order valence-corrected chi connectivity index (χ2v) is 6.00. The lowest BCUT2D eigenvalue weighted by atomic mass is 9.88. The van der Waals surface area contributed by atoms with Crippen LogP contribution in [0.1, 0.15) is 44.6 Å². The first-order valence-corrected chi connectivity index (χ1v) is 8.15. The van der Waals surface area contributed by atoms with E-state index in [1.54, 1.807) is 0 Å². The molecule has 1 saturated carbocycles. The Kier molecular flexibility index (Phi) is 5.78. The molecule has 114 valence electrons. The minimum absolute atomic E-state index is 0.569. The molecule has 0 saturated heterocycles. The second-order valence-electron chi connectivity index (χ2n) is 6.00. The summed E-state index contributed by atoms with van der Waals surface area (Å²) in [5.74, 6) is 0. The van der Waals surface area contributed by atoms with E-state index in [-0.39, 0.29) is 0 Å². The van der Waals surface area contributed by atoms with Gasteiger partial charge in [-0.25, -0.2) is 0 Å². The van der Waals surface area contributed by atoms with Crippen molar-refractivity contribution in [2.45, 2.75) is 50.6 Å². The zero-order valence-electron chi connectivity index (χ0n) is 13.3. The molecule has 0 amide bonds. The average Bonchev–Trinajstić information content (AvgIpc) is 3.37. The summed E-state index contributed by atoms with van der Waals surface area (Å²) in [5.41, 5.74) is 0.502. The Labute approximate surface area is 129 Å². The summed E-state index contributed by atoms with van der Waals surface area (Å²) in [6, 6.07) is 13.4. The van der Waals surface area contributed by atoms with Gasteiger partial charge in [0.05, 0.1) is 6.07 Å². The van der Waals surface area contributed by atoms with E-state index in [9.17, 15) is 5.26 Å². The van der Waals surface area contributed by atoms with E-state index in [1.807, 2.05) is 37.4 Å². The summed E-state index contributed by atoms with van der Waals surface area (Å²) in [4.78, 5) is 2.58. The molecule has 1 fully saturated rings. The zero-order chi connectivity index (χ0) is 15.1. The van der Waals surface area contributed by atoms with Gasteiger partial charge in [-0.2, -0.15) is 5.26 Å². The van der Waals surface area contributed by atoms with Gasteiger partial charge in [0, 0.05) is 12.6 Å². The zero-order valence-corrected chi connectivity index (χ0v) is 13.3. The highest BCUT2D eigenvalue weighted by molar-refractivity contribution is 5.31. The third-order valence-electron chi connectivity index (χ3n) is 4.52. The van der Waals surface area contributed by atoms with Gasteiger partial charge in [-0.15, -0.1) is 0 Å². The summed E-state index contributed by atoms with van der Waals surface area (Å²) >= 11 is 0. The van der Waals surface area contributed by atoms with Gasteiger partial charge in [0.15, 0.2) is 0 Å². The van der Waals surface area contributed by atoms with Gasteiger partial charge in [0.25, 0.3) is 0 Å². The number of nitriles is 1. The maximum absolute atomic E-state index is 9.74. The highest BCUT2D eigenvalue weighted by Gasteiger charge is 2.34. The van der Waals surface area contributed by atoms with Crippen LogP contribution in [0.4, 0.5) is 0 Å². The SMILES string of the molecule is CCCCN(CCC(C#N)(NC)c1ccccc1)C1CC1. The van der Waals surface area contributed by atoms with Crippen molar-refractivity contribution in [3.05, 3.63) is 35.9 Å². The molecule has 0 spiro atoms. The van der Waals surface area contributed by atoms with Crippen LogP contribution in [0.5, 0.6) is 0 Å². The van der Waals surface area contributed by atoms with Crippen LogP contribution in [0.3, 0.4) is 0 Å². The Morgan fingerprint density at radius 3 is 2.52 bits per heavy atom. The molecule has 1 aliphatic carbocycles. The molecule has 0 radical (unpaired) electrons. The van der Waals surface area contributed by atoms with Gasteiger partial charge < -0.3 is 4.90 Å². The van der Waals surface area contributed by atoms with Crippen LogP contribution in [0, 0.1) is 11.3 Å². The number of rotatable bonds is 9. The van der Waals surface area contributed by atoms with Crippen molar-refractivity contribution in [3.8, 4) is 6.07 Å². The van der Waals surface area contributed by atoms with Gasteiger partial charge >= 0.3 is 0 Å². The molecule has 1 aromatic rings. The van der Waals surface area contributed by atoms with Crippen molar-refractivity contribution in [1.29, 1.82) is 5.26 Å². The minimum atomic E-state index is -0.569. The quantitative estimate of drug-likeness (QED) is 0.757. The smallest absolute Gasteiger partial charge is 0.133 e. The van der Waals surface area contributed by atoms with Crippen LogP contribution >= 0.6 is 0 Å². The molecule has 1 aliphatic rings. The molecular weight excluding hydrogens is 258 g/mol.